The van der Waals surface area contributed by atoms with E-state index in [4.69, 9.17) is 10.5 Å². The van der Waals surface area contributed by atoms with Gasteiger partial charge in [-0.1, -0.05) is 6.92 Å². The molecule has 0 radical (unpaired) electrons. The molecule has 5 N–H and O–H groups in total. The van der Waals surface area contributed by atoms with Gasteiger partial charge in [0, 0.05) is 49.1 Å². The lowest BCUT2D eigenvalue weighted by Gasteiger charge is -2.12. The van der Waals surface area contributed by atoms with Crippen molar-refractivity contribution in [1.82, 2.24) is 10.6 Å². The molecular formula is C18H26N4O4. The van der Waals surface area contributed by atoms with Gasteiger partial charge in [-0.2, -0.15) is 0 Å². The molecule has 1 rings (SSSR count). The van der Waals surface area contributed by atoms with Crippen LogP contribution in [0.4, 0.5) is 5.69 Å². The minimum atomic E-state index is -0.453. The average Bonchev–Trinajstić information content (AvgIpc) is 2.58. The molecule has 1 aromatic rings. The third-order valence-corrected chi connectivity index (χ3v) is 3.24. The summed E-state index contributed by atoms with van der Waals surface area (Å²) in [6.45, 7) is 5.65. The van der Waals surface area contributed by atoms with Crippen molar-refractivity contribution in [1.29, 1.82) is 0 Å². The van der Waals surface area contributed by atoms with E-state index in [1.54, 1.807) is 24.4 Å². The summed E-state index contributed by atoms with van der Waals surface area (Å²) in [4.78, 5) is 34.6. The molecular weight excluding hydrogens is 336 g/mol. The van der Waals surface area contributed by atoms with E-state index in [9.17, 15) is 14.4 Å². The van der Waals surface area contributed by atoms with Crippen LogP contribution < -0.4 is 21.7 Å². The molecule has 1 aromatic carbocycles. The molecule has 0 aromatic heterocycles. The number of anilines is 1. The molecule has 0 saturated carbocycles. The van der Waals surface area contributed by atoms with Crippen LogP contribution in [0.25, 0.3) is 0 Å². The van der Waals surface area contributed by atoms with Crippen molar-refractivity contribution in [3.05, 3.63) is 41.2 Å². The lowest BCUT2D eigenvalue weighted by atomic mass is 10.1. The molecule has 0 bridgehead atoms. The summed E-state index contributed by atoms with van der Waals surface area (Å²) in [5.41, 5.74) is 7.69. The quantitative estimate of drug-likeness (QED) is 0.387. The lowest BCUT2D eigenvalue weighted by molar-refractivity contribution is -0.142. The van der Waals surface area contributed by atoms with Gasteiger partial charge in [0.1, 0.15) is 6.61 Å². The summed E-state index contributed by atoms with van der Waals surface area (Å²) >= 11 is 0. The number of nitrogens with two attached hydrogens (primary N) is 1. The average molecular weight is 362 g/mol. The topological polar surface area (TPSA) is 123 Å². The maximum absolute atomic E-state index is 12.3. The normalized spacial score (nSPS) is 10.8. The molecule has 0 spiro atoms. The van der Waals surface area contributed by atoms with Gasteiger partial charge < -0.3 is 26.4 Å². The Morgan fingerprint density at radius 2 is 1.96 bits per heavy atom. The molecule has 0 fully saturated rings. The first-order valence-corrected chi connectivity index (χ1v) is 8.33. The number of rotatable bonds is 9. The second kappa shape index (κ2) is 10.8. The van der Waals surface area contributed by atoms with Gasteiger partial charge in [-0.3, -0.25) is 14.4 Å². The first kappa shape index (κ1) is 21.0. The Morgan fingerprint density at radius 1 is 1.23 bits per heavy atom. The van der Waals surface area contributed by atoms with Crippen molar-refractivity contribution in [2.75, 3.05) is 18.4 Å². The molecule has 0 atom stereocenters. The van der Waals surface area contributed by atoms with E-state index >= 15 is 0 Å². The van der Waals surface area contributed by atoms with E-state index in [-0.39, 0.29) is 25.0 Å². The van der Waals surface area contributed by atoms with Crippen molar-refractivity contribution in [3.8, 4) is 0 Å². The van der Waals surface area contributed by atoms with Crippen molar-refractivity contribution in [2.45, 2.75) is 33.8 Å². The maximum Gasteiger partial charge on any atom is 0.302 e. The van der Waals surface area contributed by atoms with Gasteiger partial charge in [0.25, 0.3) is 5.91 Å². The van der Waals surface area contributed by atoms with Gasteiger partial charge in [0.15, 0.2) is 0 Å². The summed E-state index contributed by atoms with van der Waals surface area (Å²) < 4.78 is 4.98. The molecule has 142 valence electrons. The van der Waals surface area contributed by atoms with Crippen molar-refractivity contribution < 1.29 is 19.1 Å². The molecule has 0 aliphatic carbocycles. The first-order valence-electron chi connectivity index (χ1n) is 8.33. The van der Waals surface area contributed by atoms with E-state index < -0.39 is 5.97 Å². The zero-order chi connectivity index (χ0) is 19.5. The van der Waals surface area contributed by atoms with E-state index in [0.29, 0.717) is 22.5 Å². The zero-order valence-electron chi connectivity index (χ0n) is 15.3. The number of carbonyl (C=O) groups excluding carboxylic acids is 3. The second-order valence-corrected chi connectivity index (χ2v) is 5.69. The fraction of sp³-hybridized carbons (Fsp3) is 0.389. The predicted octanol–water partition coefficient (Wildman–Crippen LogP) is 1.24. The number of carbonyl (C=O) groups is 3. The van der Waals surface area contributed by atoms with Crippen LogP contribution in [0.1, 0.15) is 43.1 Å². The Labute approximate surface area is 153 Å². The molecule has 0 unspecified atom stereocenters. The highest BCUT2D eigenvalue weighted by molar-refractivity contribution is 5.96. The molecule has 8 nitrogen and oxygen atoms in total. The number of hydrogen-bond acceptors (Lipinski definition) is 6. The van der Waals surface area contributed by atoms with Crippen molar-refractivity contribution in [2.24, 2.45) is 5.73 Å². The van der Waals surface area contributed by atoms with E-state index in [1.165, 1.54) is 13.8 Å². The molecule has 0 aliphatic rings. The number of esters is 1. The summed E-state index contributed by atoms with van der Waals surface area (Å²) in [6.07, 6.45) is 2.64. The Bertz CT molecular complexity index is 686. The molecule has 26 heavy (non-hydrogen) atoms. The van der Waals surface area contributed by atoms with Crippen molar-refractivity contribution >= 4 is 23.5 Å². The zero-order valence-corrected chi connectivity index (χ0v) is 15.3. The molecule has 2 amide bonds. The minimum absolute atomic E-state index is 0.0466. The Hall–Kier alpha value is -3.03. The Balaban J connectivity index is 2.82. The number of ether oxygens (including phenoxy) is 1. The largest absolute Gasteiger partial charge is 0.461 e. The van der Waals surface area contributed by atoms with Gasteiger partial charge in [0.2, 0.25) is 5.91 Å². The molecule has 0 aliphatic heterocycles. The van der Waals surface area contributed by atoms with Gasteiger partial charge in [-0.05, 0) is 24.6 Å². The van der Waals surface area contributed by atoms with Gasteiger partial charge in [-0.25, -0.2) is 0 Å². The van der Waals surface area contributed by atoms with Crippen LogP contribution in [0.5, 0.6) is 0 Å². The van der Waals surface area contributed by atoms with Crippen molar-refractivity contribution in [3.63, 3.8) is 0 Å². The van der Waals surface area contributed by atoms with Crippen LogP contribution >= 0.6 is 0 Å². The molecule has 0 saturated heterocycles. The summed E-state index contributed by atoms with van der Waals surface area (Å²) in [7, 11) is 0. The van der Waals surface area contributed by atoms with Crippen LogP contribution in [0.15, 0.2) is 30.1 Å². The van der Waals surface area contributed by atoms with Crippen LogP contribution in [-0.4, -0.2) is 30.9 Å². The standard InChI is InChI=1S/C18H26N4O4/c1-4-7-20-9-16(19)10-21-18(25)14-5-6-17(22-12(2)23)15(8-14)11-26-13(3)24/h5-6,8-9,20H,4,7,10-11,19H2,1-3H3,(H,21,25)(H,22,23)/b16-9-. The van der Waals surface area contributed by atoms with Gasteiger partial charge in [0.05, 0.1) is 6.54 Å². The van der Waals surface area contributed by atoms with Crippen LogP contribution in [0.3, 0.4) is 0 Å². The highest BCUT2D eigenvalue weighted by Crippen LogP contribution is 2.19. The van der Waals surface area contributed by atoms with Gasteiger partial charge in [-0.15, -0.1) is 0 Å². The highest BCUT2D eigenvalue weighted by atomic mass is 16.5. The SMILES string of the molecule is CCCN/C=C(\N)CNC(=O)c1ccc(NC(C)=O)c(COC(C)=O)c1. The smallest absolute Gasteiger partial charge is 0.302 e. The van der Waals surface area contributed by atoms with E-state index in [2.05, 4.69) is 16.0 Å². The highest BCUT2D eigenvalue weighted by Gasteiger charge is 2.12. The number of hydrogen-bond donors (Lipinski definition) is 4. The number of nitrogens with one attached hydrogen (secondary N) is 3. The predicted molar refractivity (Wildman–Crippen MR) is 99.1 cm³/mol. The summed E-state index contributed by atoms with van der Waals surface area (Å²) in [5, 5.41) is 8.39. The summed E-state index contributed by atoms with van der Waals surface area (Å²) in [6, 6.07) is 4.74. The third kappa shape index (κ3) is 7.69. The lowest BCUT2D eigenvalue weighted by Crippen LogP contribution is -2.29. The third-order valence-electron chi connectivity index (χ3n) is 3.24. The fourth-order valence-electron chi connectivity index (χ4n) is 2.03. The van der Waals surface area contributed by atoms with Crippen LogP contribution in [0.2, 0.25) is 0 Å². The fourth-order valence-corrected chi connectivity index (χ4v) is 2.03. The monoisotopic (exact) mass is 362 g/mol. The van der Waals surface area contributed by atoms with E-state index in [1.807, 2.05) is 6.92 Å². The van der Waals surface area contributed by atoms with Gasteiger partial charge >= 0.3 is 5.97 Å². The summed E-state index contributed by atoms with van der Waals surface area (Å²) in [5.74, 6) is -1.04. The van der Waals surface area contributed by atoms with Crippen LogP contribution in [0, 0.1) is 0 Å². The molecule has 8 heteroatoms. The Kier molecular flexibility index (Phi) is 8.69. The second-order valence-electron chi connectivity index (χ2n) is 5.69. The number of amides is 2. The van der Waals surface area contributed by atoms with E-state index in [0.717, 1.165) is 13.0 Å². The van der Waals surface area contributed by atoms with Crippen LogP contribution in [-0.2, 0) is 20.9 Å². The first-order chi connectivity index (χ1) is 12.3. The Morgan fingerprint density at radius 3 is 2.58 bits per heavy atom. The number of benzene rings is 1. The minimum Gasteiger partial charge on any atom is -0.461 e. The molecule has 0 heterocycles. The maximum atomic E-state index is 12.3.